The second-order valence-electron chi connectivity index (χ2n) is 1.34. The van der Waals surface area contributed by atoms with Crippen molar-refractivity contribution in [2.75, 3.05) is 0 Å². The molecular weight excluding hydrogens is 540 g/mol. The van der Waals surface area contributed by atoms with Gasteiger partial charge in [-0.3, -0.25) is 0 Å². The minimum atomic E-state index is -5.39. The Bertz CT molecular complexity index is 213. The van der Waals surface area contributed by atoms with E-state index in [2.05, 4.69) is 0 Å². The second-order valence-corrected chi connectivity index (χ2v) is 4.02. The Hall–Kier alpha value is 3.32. The van der Waals surface area contributed by atoms with Crippen LogP contribution in [0.1, 0.15) is 0 Å². The molecule has 0 unspecified atom stereocenters. The molecule has 0 saturated carbocycles. The molecule has 12 nitrogen and oxygen atoms in total. The molecule has 96 valence electrons. The number of hydrogen-bond donors (Lipinski definition) is 0. The van der Waals surface area contributed by atoms with Crippen LogP contribution >= 0.6 is 23.5 Å². The maximum Gasteiger partial charge on any atom is 4.00 e. The van der Waals surface area contributed by atoms with Crippen LogP contribution in [0.2, 0.25) is 0 Å². The maximum absolute atomic E-state index is 8.55. The summed E-state index contributed by atoms with van der Waals surface area (Å²) >= 11 is 0. The molecule has 0 spiro atoms. The molecule has 0 aliphatic carbocycles. The van der Waals surface area contributed by atoms with Gasteiger partial charge in [0.25, 0.3) is 0 Å². The SMILES string of the molecule is O=P([O-])([O-])[O-].O=P([O-])([O-])[O-].O=P([O-])([O-])[O-].[Al+3].[Ba+2].[Zr+4]. The first-order valence-corrected chi connectivity index (χ1v) is 6.57. The van der Waals surface area contributed by atoms with E-state index in [-0.39, 0.29) is 92.4 Å². The fraction of sp³-hybridized carbons (Fsp3) is 0. The zero-order chi connectivity index (χ0) is 13.5. The fourth-order valence-corrected chi connectivity index (χ4v) is 0. The Morgan fingerprint density at radius 2 is 0.500 bits per heavy atom. The smallest absolute Gasteiger partial charge is 0.822 e. The Morgan fingerprint density at radius 3 is 0.500 bits per heavy atom. The molecule has 0 fully saturated rings. The van der Waals surface area contributed by atoms with Gasteiger partial charge in [-0.2, -0.15) is 23.5 Å². The van der Waals surface area contributed by atoms with E-state index in [1.165, 1.54) is 0 Å². The van der Waals surface area contributed by atoms with Crippen molar-refractivity contribution in [3.63, 3.8) is 0 Å². The molecule has 0 aromatic carbocycles. The summed E-state index contributed by atoms with van der Waals surface area (Å²) in [7, 11) is -16.2. The van der Waals surface area contributed by atoms with Crippen LogP contribution in [0.25, 0.3) is 0 Å². The van der Waals surface area contributed by atoms with Gasteiger partial charge in [0.15, 0.2) is 0 Å². The van der Waals surface area contributed by atoms with Crippen molar-refractivity contribution in [1.82, 2.24) is 0 Å². The zero-order valence-electron chi connectivity index (χ0n) is 8.03. The number of hydrogen-bond acceptors (Lipinski definition) is 12. The minimum absolute atomic E-state index is 0. The van der Waals surface area contributed by atoms with E-state index in [1.807, 2.05) is 0 Å². The molecule has 18 heteroatoms. The molecule has 0 atom stereocenters. The summed E-state index contributed by atoms with van der Waals surface area (Å²) in [5.41, 5.74) is 0. The van der Waals surface area contributed by atoms with Crippen LogP contribution in [0.5, 0.6) is 0 Å². The molecule has 0 radical (unpaired) electrons. The molecule has 0 aromatic rings. The van der Waals surface area contributed by atoms with Gasteiger partial charge in [-0.25, -0.2) is 0 Å². The van der Waals surface area contributed by atoms with Gasteiger partial charge in [0.2, 0.25) is 0 Å². The van der Waals surface area contributed by atoms with Crippen LogP contribution in [-0.2, 0) is 39.9 Å². The maximum atomic E-state index is 8.55. The van der Waals surface area contributed by atoms with E-state index in [0.29, 0.717) is 0 Å². The number of phosphoric acid groups is 3. The Morgan fingerprint density at radius 1 is 0.500 bits per heavy atom. The summed E-state index contributed by atoms with van der Waals surface area (Å²) in [6, 6.07) is 0. The quantitative estimate of drug-likeness (QED) is 0.205. The molecule has 0 aliphatic rings. The summed E-state index contributed by atoms with van der Waals surface area (Å²) in [5, 5.41) is 0. The standard InChI is InChI=1S/Al.Ba.3H3O4P.Zr/c;;3*1-5(2,3)4;/h;;3*(H3,1,2,3,4);/q+3;+2;;;;+4/p-9. The van der Waals surface area contributed by atoms with Gasteiger partial charge < -0.3 is 57.7 Å². The summed E-state index contributed by atoms with van der Waals surface area (Å²) in [6.07, 6.45) is 0. The van der Waals surface area contributed by atoms with Crippen LogP contribution in [0.15, 0.2) is 0 Å². The van der Waals surface area contributed by atoms with Gasteiger partial charge in [-0.15, -0.1) is 0 Å². The Kier molecular flexibility index (Phi) is 34.8. The van der Waals surface area contributed by atoms with Gasteiger partial charge in [-0.1, -0.05) is 0 Å². The topological polar surface area (TPSA) is 259 Å². The molecule has 0 rings (SSSR count). The zero-order valence-corrected chi connectivity index (χ0v) is 18.8. The Labute approximate surface area is 171 Å². The van der Waals surface area contributed by atoms with Crippen molar-refractivity contribution >= 4 is 89.7 Å². The third kappa shape index (κ3) is 589. The van der Waals surface area contributed by atoms with Gasteiger partial charge in [0, 0.05) is 0 Å². The van der Waals surface area contributed by atoms with E-state index in [0.717, 1.165) is 0 Å². The van der Waals surface area contributed by atoms with Crippen molar-refractivity contribution in [2.24, 2.45) is 0 Å². The van der Waals surface area contributed by atoms with Gasteiger partial charge in [-0.05, 0) is 0 Å². The van der Waals surface area contributed by atoms with Crippen molar-refractivity contribution in [1.29, 1.82) is 0 Å². The normalized spacial score (nSPS) is 9.83. The molecule has 0 amide bonds. The molecule has 0 bridgehead atoms. The largest absolute Gasteiger partial charge is 4.00 e. The molecule has 18 heavy (non-hydrogen) atoms. The molecule has 0 saturated heterocycles. The monoisotopic (exact) mass is 540 g/mol. The molecule has 0 aromatic heterocycles. The Balaban J connectivity index is -0.0000000277. The van der Waals surface area contributed by atoms with Crippen LogP contribution in [0, 0.1) is 0 Å². The van der Waals surface area contributed by atoms with Crippen LogP contribution in [0.4, 0.5) is 0 Å². The van der Waals surface area contributed by atoms with Crippen molar-refractivity contribution < 1.29 is 83.9 Å². The van der Waals surface area contributed by atoms with E-state index in [4.69, 9.17) is 57.7 Å². The molecule has 0 N–H and O–H groups in total. The minimum Gasteiger partial charge on any atom is -0.822 e. The van der Waals surface area contributed by atoms with E-state index in [9.17, 15) is 0 Å². The van der Waals surface area contributed by atoms with E-state index >= 15 is 0 Å². The average molecular weight is 540 g/mol. The van der Waals surface area contributed by atoms with Crippen molar-refractivity contribution in [3.05, 3.63) is 0 Å². The third-order valence-corrected chi connectivity index (χ3v) is 0. The summed E-state index contributed by atoms with van der Waals surface area (Å²) in [6.45, 7) is 0. The average Bonchev–Trinajstić information content (AvgIpc) is 1.41. The van der Waals surface area contributed by atoms with E-state index < -0.39 is 23.5 Å². The fourth-order valence-electron chi connectivity index (χ4n) is 0. The summed E-state index contributed by atoms with van der Waals surface area (Å²) < 4.78 is 25.6. The number of rotatable bonds is 0. The van der Waals surface area contributed by atoms with Crippen molar-refractivity contribution in [2.45, 2.75) is 0 Å². The van der Waals surface area contributed by atoms with Crippen LogP contribution < -0.4 is 44.0 Å². The molecular formula is AlBaO12P3Zr. The van der Waals surface area contributed by atoms with Crippen LogP contribution in [0.3, 0.4) is 0 Å². The second kappa shape index (κ2) is 16.7. The van der Waals surface area contributed by atoms with Gasteiger partial charge in [0.05, 0.1) is 0 Å². The van der Waals surface area contributed by atoms with Gasteiger partial charge >= 0.3 is 92.4 Å². The summed E-state index contributed by atoms with van der Waals surface area (Å²) in [5.74, 6) is 0. The van der Waals surface area contributed by atoms with Crippen molar-refractivity contribution in [3.8, 4) is 0 Å². The third-order valence-electron chi connectivity index (χ3n) is 0. The van der Waals surface area contributed by atoms with Crippen LogP contribution in [-0.4, -0.2) is 66.2 Å². The first-order chi connectivity index (χ1) is 6.00. The van der Waals surface area contributed by atoms with Gasteiger partial charge in [0.1, 0.15) is 0 Å². The summed E-state index contributed by atoms with van der Waals surface area (Å²) in [4.78, 5) is 76.9. The molecule has 0 heterocycles. The first kappa shape index (κ1) is 37.5. The predicted molar refractivity (Wildman–Crippen MR) is 34.3 cm³/mol. The first-order valence-electron chi connectivity index (χ1n) is 2.19. The molecule has 0 aliphatic heterocycles. The predicted octanol–water partition coefficient (Wildman–Crippen LogP) is -9.24. The van der Waals surface area contributed by atoms with E-state index in [1.54, 1.807) is 0 Å².